The Morgan fingerprint density at radius 2 is 2.10 bits per heavy atom. The first kappa shape index (κ1) is 18.0. The molecule has 0 spiro atoms. The molecule has 0 radical (unpaired) electrons. The van der Waals surface area contributed by atoms with Crippen LogP contribution in [0, 0.1) is 5.82 Å². The predicted molar refractivity (Wildman–Crippen MR) is 78.9 cm³/mol. The molecule has 0 aliphatic rings. The van der Waals surface area contributed by atoms with Crippen LogP contribution >= 0.6 is 23.2 Å². The van der Waals surface area contributed by atoms with Crippen molar-refractivity contribution in [2.75, 3.05) is 7.05 Å². The third-order valence-corrected chi connectivity index (χ3v) is 5.70. The molecule has 10 heteroatoms. The van der Waals surface area contributed by atoms with E-state index < -0.39 is 31.8 Å². The maximum absolute atomic E-state index is 13.6. The maximum Gasteiger partial charge on any atom is 0.244 e. The van der Waals surface area contributed by atoms with E-state index in [0.717, 1.165) is 16.4 Å². The summed E-state index contributed by atoms with van der Waals surface area (Å²) < 4.78 is 39.4. The van der Waals surface area contributed by atoms with Gasteiger partial charge in [0.1, 0.15) is 10.7 Å². The van der Waals surface area contributed by atoms with Gasteiger partial charge in [0.25, 0.3) is 0 Å². The predicted octanol–water partition coefficient (Wildman–Crippen LogP) is 2.28. The lowest BCUT2D eigenvalue weighted by Gasteiger charge is -2.24. The average molecular weight is 358 g/mol. The highest BCUT2D eigenvalue weighted by Crippen LogP contribution is 2.31. The van der Waals surface area contributed by atoms with E-state index in [2.05, 4.69) is 5.16 Å². The summed E-state index contributed by atoms with van der Waals surface area (Å²) >= 11 is 11.2. The Morgan fingerprint density at radius 1 is 1.52 bits per heavy atom. The van der Waals surface area contributed by atoms with Crippen LogP contribution in [-0.4, -0.2) is 36.9 Å². The van der Waals surface area contributed by atoms with Crippen molar-refractivity contribution in [2.45, 2.75) is 24.3 Å². The molecule has 1 aromatic rings. The van der Waals surface area contributed by atoms with Gasteiger partial charge in [0, 0.05) is 19.5 Å². The molecule has 21 heavy (non-hydrogen) atoms. The first-order valence-electron chi connectivity index (χ1n) is 5.70. The molecule has 3 N–H and O–H groups in total. The molecule has 0 amide bonds. The van der Waals surface area contributed by atoms with Crippen LogP contribution in [0.5, 0.6) is 0 Å². The van der Waals surface area contributed by atoms with Crippen molar-refractivity contribution >= 4 is 39.1 Å². The van der Waals surface area contributed by atoms with Gasteiger partial charge in [-0.25, -0.2) is 12.8 Å². The van der Waals surface area contributed by atoms with E-state index in [1.165, 1.54) is 7.05 Å². The molecule has 118 valence electrons. The zero-order valence-corrected chi connectivity index (χ0v) is 13.5. The van der Waals surface area contributed by atoms with Crippen molar-refractivity contribution in [2.24, 2.45) is 10.9 Å². The van der Waals surface area contributed by atoms with E-state index in [-0.39, 0.29) is 17.3 Å². The molecule has 0 aliphatic carbocycles. The molecule has 0 bridgehead atoms. The molecule has 1 aromatic carbocycles. The highest BCUT2D eigenvalue weighted by molar-refractivity contribution is 7.89. The van der Waals surface area contributed by atoms with Crippen LogP contribution in [0.4, 0.5) is 4.39 Å². The van der Waals surface area contributed by atoms with Crippen LogP contribution in [0.1, 0.15) is 13.3 Å². The molecular formula is C11H14Cl2FN3O3S. The number of rotatable bonds is 5. The van der Waals surface area contributed by atoms with E-state index >= 15 is 0 Å². The van der Waals surface area contributed by atoms with Crippen LogP contribution in [0.15, 0.2) is 22.2 Å². The van der Waals surface area contributed by atoms with Crippen LogP contribution in [0.25, 0.3) is 0 Å². The second-order valence-electron chi connectivity index (χ2n) is 4.34. The summed E-state index contributed by atoms with van der Waals surface area (Å²) in [5.74, 6) is -1.13. The first-order valence-corrected chi connectivity index (χ1v) is 7.90. The van der Waals surface area contributed by atoms with Crippen molar-refractivity contribution < 1.29 is 18.0 Å². The summed E-state index contributed by atoms with van der Waals surface area (Å²) in [7, 11) is -2.77. The molecule has 1 atom stereocenters. The number of halogens is 3. The normalized spacial score (nSPS) is 14.5. The van der Waals surface area contributed by atoms with Gasteiger partial charge in [-0.15, -0.1) is 0 Å². The van der Waals surface area contributed by atoms with Gasteiger partial charge >= 0.3 is 0 Å². The van der Waals surface area contributed by atoms with Gasteiger partial charge in [-0.05, 0) is 19.1 Å². The molecular weight excluding hydrogens is 344 g/mol. The number of nitrogens with two attached hydrogens (primary N) is 1. The van der Waals surface area contributed by atoms with Gasteiger partial charge in [0.05, 0.1) is 10.0 Å². The Hall–Kier alpha value is -1.09. The smallest absolute Gasteiger partial charge is 0.244 e. The number of nitrogens with zero attached hydrogens (tertiary/aromatic N) is 2. The lowest BCUT2D eigenvalue weighted by Crippen LogP contribution is -2.38. The molecule has 0 saturated carbocycles. The van der Waals surface area contributed by atoms with E-state index in [9.17, 15) is 12.8 Å². The molecule has 0 aromatic heterocycles. The fraction of sp³-hybridized carbons (Fsp3) is 0.364. The maximum atomic E-state index is 13.6. The highest BCUT2D eigenvalue weighted by Gasteiger charge is 2.29. The van der Waals surface area contributed by atoms with Gasteiger partial charge in [0.2, 0.25) is 10.0 Å². The second kappa shape index (κ2) is 6.78. The summed E-state index contributed by atoms with van der Waals surface area (Å²) in [5, 5.41) is 10.4. The summed E-state index contributed by atoms with van der Waals surface area (Å²) in [6.45, 7) is 1.55. The molecule has 0 fully saturated rings. The fourth-order valence-corrected chi connectivity index (χ4v) is 3.65. The molecule has 0 saturated heterocycles. The average Bonchev–Trinajstić information content (AvgIpc) is 2.43. The number of benzene rings is 1. The lowest BCUT2D eigenvalue weighted by molar-refractivity contribution is 0.313. The van der Waals surface area contributed by atoms with Crippen molar-refractivity contribution in [3.8, 4) is 0 Å². The monoisotopic (exact) mass is 357 g/mol. The molecule has 6 nitrogen and oxygen atoms in total. The largest absolute Gasteiger partial charge is 0.409 e. The quantitative estimate of drug-likeness (QED) is 0.278. The zero-order chi connectivity index (χ0) is 16.4. The minimum atomic E-state index is -4.05. The van der Waals surface area contributed by atoms with Gasteiger partial charge < -0.3 is 10.9 Å². The highest BCUT2D eigenvalue weighted by atomic mass is 35.5. The Bertz CT molecular complexity index is 667. The number of oxime groups is 1. The SMILES string of the molecule is CC(C/C(N)=N/O)N(C)S(=O)(=O)c1ccc(Cl)c(F)c1Cl. The standard InChI is InChI=1S/C11H14Cl2FN3O3S/c1-6(5-9(15)16-18)17(2)21(19,20)8-4-3-7(12)11(14)10(8)13/h3-4,6,18H,5H2,1-2H3,(H2,15,16). The van der Waals surface area contributed by atoms with Gasteiger partial charge in [0.15, 0.2) is 5.82 Å². The number of amidine groups is 1. The van der Waals surface area contributed by atoms with Crippen LogP contribution in [0.3, 0.4) is 0 Å². The molecule has 1 unspecified atom stereocenters. The molecule has 1 rings (SSSR count). The van der Waals surface area contributed by atoms with Crippen molar-refractivity contribution in [1.29, 1.82) is 0 Å². The Morgan fingerprint density at radius 3 is 2.62 bits per heavy atom. The van der Waals surface area contributed by atoms with Crippen LogP contribution in [0.2, 0.25) is 10.0 Å². The van der Waals surface area contributed by atoms with Crippen LogP contribution in [-0.2, 0) is 10.0 Å². The third-order valence-electron chi connectivity index (χ3n) is 2.91. The van der Waals surface area contributed by atoms with E-state index in [4.69, 9.17) is 34.1 Å². The van der Waals surface area contributed by atoms with E-state index in [1.807, 2.05) is 0 Å². The Balaban J connectivity index is 3.20. The lowest BCUT2D eigenvalue weighted by atomic mass is 10.2. The second-order valence-corrected chi connectivity index (χ2v) is 7.09. The number of hydrogen-bond donors (Lipinski definition) is 2. The minimum Gasteiger partial charge on any atom is -0.409 e. The fourth-order valence-electron chi connectivity index (χ4n) is 1.57. The Kier molecular flexibility index (Phi) is 5.80. The van der Waals surface area contributed by atoms with Gasteiger partial charge in [-0.2, -0.15) is 4.31 Å². The summed E-state index contributed by atoms with van der Waals surface area (Å²) in [6.07, 6.45) is -0.0000784. The van der Waals surface area contributed by atoms with Crippen LogP contribution < -0.4 is 5.73 Å². The summed E-state index contributed by atoms with van der Waals surface area (Å²) in [6, 6.07) is 1.61. The number of hydrogen-bond acceptors (Lipinski definition) is 4. The van der Waals surface area contributed by atoms with E-state index in [0.29, 0.717) is 0 Å². The van der Waals surface area contributed by atoms with Crippen molar-refractivity contribution in [3.05, 3.63) is 28.0 Å². The van der Waals surface area contributed by atoms with Crippen molar-refractivity contribution in [1.82, 2.24) is 4.31 Å². The van der Waals surface area contributed by atoms with Gasteiger partial charge in [-0.3, -0.25) is 0 Å². The third kappa shape index (κ3) is 3.76. The van der Waals surface area contributed by atoms with E-state index in [1.54, 1.807) is 6.92 Å². The van der Waals surface area contributed by atoms with Gasteiger partial charge in [-0.1, -0.05) is 28.4 Å². The zero-order valence-electron chi connectivity index (χ0n) is 11.2. The molecule has 0 heterocycles. The topological polar surface area (TPSA) is 96.0 Å². The summed E-state index contributed by atoms with van der Waals surface area (Å²) in [5.41, 5.74) is 5.34. The van der Waals surface area contributed by atoms with Crippen molar-refractivity contribution in [3.63, 3.8) is 0 Å². The number of sulfonamides is 1. The summed E-state index contributed by atoms with van der Waals surface area (Å²) in [4.78, 5) is -0.403. The Labute approximate surface area is 132 Å². The molecule has 0 aliphatic heterocycles. The first-order chi connectivity index (χ1) is 9.62. The minimum absolute atomic E-state index is 0.0000784.